The third-order valence-corrected chi connectivity index (χ3v) is 3.14. The number of aromatic amines is 1. The molecule has 0 saturated carbocycles. The van der Waals surface area contributed by atoms with E-state index in [0.29, 0.717) is 10.7 Å². The van der Waals surface area contributed by atoms with Crippen LogP contribution in [0.15, 0.2) is 62.3 Å². The van der Waals surface area contributed by atoms with Crippen molar-refractivity contribution in [1.82, 2.24) is 9.55 Å². The summed E-state index contributed by atoms with van der Waals surface area (Å²) in [6, 6.07) is 7.25. The minimum absolute atomic E-state index is 0.0724. The van der Waals surface area contributed by atoms with Crippen LogP contribution in [0.1, 0.15) is 5.56 Å². The Labute approximate surface area is 123 Å². The first kappa shape index (κ1) is 13.7. The summed E-state index contributed by atoms with van der Waals surface area (Å²) in [5.74, 6) is -0.159. The van der Waals surface area contributed by atoms with Crippen molar-refractivity contribution >= 4 is 6.08 Å². The summed E-state index contributed by atoms with van der Waals surface area (Å²) >= 11 is 0. The summed E-state index contributed by atoms with van der Waals surface area (Å²) in [6.07, 6.45) is 2.78. The molecule has 0 unspecified atom stereocenters. The quantitative estimate of drug-likeness (QED) is 0.759. The Morgan fingerprint density at radius 2 is 1.86 bits per heavy atom. The molecule has 0 aliphatic carbocycles. The molecule has 1 aliphatic heterocycles. The topological polar surface area (TPSA) is 99.8 Å². The lowest BCUT2D eigenvalue weighted by Gasteiger charge is -2.06. The van der Waals surface area contributed by atoms with Gasteiger partial charge in [-0.05, 0) is 12.1 Å². The van der Waals surface area contributed by atoms with E-state index >= 15 is 0 Å². The molecule has 0 amide bonds. The summed E-state index contributed by atoms with van der Waals surface area (Å²) in [5, 5.41) is 11.5. The molecule has 1 aromatic heterocycles. The molecule has 1 aromatic carbocycles. The highest BCUT2D eigenvalue weighted by Crippen LogP contribution is 2.15. The number of H-pyrrole nitrogens is 1. The molecule has 0 fully saturated rings. The number of hydrogen-bond acceptors (Lipinski definition) is 5. The Kier molecular flexibility index (Phi) is 3.30. The van der Waals surface area contributed by atoms with E-state index in [1.807, 2.05) is 12.1 Å². The van der Waals surface area contributed by atoms with E-state index in [0.717, 1.165) is 4.57 Å². The predicted molar refractivity (Wildman–Crippen MR) is 79.9 cm³/mol. The third-order valence-electron chi connectivity index (χ3n) is 3.14. The van der Waals surface area contributed by atoms with Gasteiger partial charge >= 0.3 is 5.69 Å². The maximum absolute atomic E-state index is 11.9. The molecule has 7 nitrogen and oxygen atoms in total. The van der Waals surface area contributed by atoms with Gasteiger partial charge in [0.15, 0.2) is 5.82 Å². The molecule has 1 aliphatic rings. The van der Waals surface area contributed by atoms with Gasteiger partial charge in [0, 0.05) is 12.6 Å². The summed E-state index contributed by atoms with van der Waals surface area (Å²) < 4.78 is 1.00. The minimum Gasteiger partial charge on any atom is -0.494 e. The third kappa shape index (κ3) is 2.28. The van der Waals surface area contributed by atoms with Crippen molar-refractivity contribution in [2.45, 2.75) is 6.54 Å². The highest BCUT2D eigenvalue weighted by Gasteiger charge is 2.13. The van der Waals surface area contributed by atoms with Gasteiger partial charge in [-0.2, -0.15) is 0 Å². The molecule has 2 aromatic rings. The van der Waals surface area contributed by atoms with E-state index in [4.69, 9.17) is 0 Å². The second-order valence-corrected chi connectivity index (χ2v) is 4.61. The van der Waals surface area contributed by atoms with Crippen molar-refractivity contribution in [3.05, 3.63) is 79.9 Å². The first-order valence-electron chi connectivity index (χ1n) is 6.51. The van der Waals surface area contributed by atoms with Gasteiger partial charge < -0.3 is 5.11 Å². The maximum Gasteiger partial charge on any atom is 0.331 e. The van der Waals surface area contributed by atoms with Crippen molar-refractivity contribution < 1.29 is 5.11 Å². The van der Waals surface area contributed by atoms with Crippen LogP contribution in [0.4, 0.5) is 0 Å². The highest BCUT2D eigenvalue weighted by atomic mass is 16.3. The van der Waals surface area contributed by atoms with Crippen LogP contribution in [-0.4, -0.2) is 14.7 Å². The minimum atomic E-state index is -0.701. The number of nitrogens with one attached hydrogen (secondary N) is 1. The van der Waals surface area contributed by atoms with Gasteiger partial charge in [0.25, 0.3) is 5.56 Å². The van der Waals surface area contributed by atoms with Crippen LogP contribution in [-0.2, 0) is 6.54 Å². The molecule has 0 saturated heterocycles. The molecule has 2 N–H and O–H groups in total. The van der Waals surface area contributed by atoms with Crippen LogP contribution in [0.25, 0.3) is 6.08 Å². The van der Waals surface area contributed by atoms with Crippen molar-refractivity contribution in [3.8, 4) is 5.88 Å². The molecule has 0 spiro atoms. The van der Waals surface area contributed by atoms with E-state index in [1.165, 1.54) is 12.2 Å². The molecule has 0 atom stereocenters. The van der Waals surface area contributed by atoms with Crippen LogP contribution < -0.4 is 22.0 Å². The maximum atomic E-state index is 11.9. The van der Waals surface area contributed by atoms with E-state index in [1.54, 1.807) is 12.1 Å². The van der Waals surface area contributed by atoms with Crippen LogP contribution in [0.2, 0.25) is 0 Å². The largest absolute Gasteiger partial charge is 0.494 e. The number of benzene rings is 1. The monoisotopic (exact) mass is 296 g/mol. The highest BCUT2D eigenvalue weighted by molar-refractivity contribution is 5.56. The lowest BCUT2D eigenvalue weighted by molar-refractivity contribution is 0.409. The molecular weight excluding hydrogens is 284 g/mol. The van der Waals surface area contributed by atoms with Crippen LogP contribution in [0.5, 0.6) is 5.88 Å². The van der Waals surface area contributed by atoms with Crippen LogP contribution >= 0.6 is 0 Å². The molecule has 22 heavy (non-hydrogen) atoms. The smallest absolute Gasteiger partial charge is 0.331 e. The zero-order chi connectivity index (χ0) is 15.7. The fourth-order valence-corrected chi connectivity index (χ4v) is 2.12. The summed E-state index contributed by atoms with van der Waals surface area (Å²) in [6.45, 7) is 3.58. The molecule has 0 bridgehead atoms. The van der Waals surface area contributed by atoms with Crippen molar-refractivity contribution in [2.75, 3.05) is 0 Å². The first-order valence-corrected chi connectivity index (χ1v) is 6.51. The average molecular weight is 296 g/mol. The number of aromatic hydroxyl groups is 1. The van der Waals surface area contributed by atoms with Gasteiger partial charge in [-0.25, -0.2) is 14.8 Å². The number of allylic oxidation sites excluding steroid dienone is 1. The Balaban J connectivity index is 2.19. The van der Waals surface area contributed by atoms with Gasteiger partial charge in [0.05, 0.1) is 10.7 Å². The second-order valence-electron chi connectivity index (χ2n) is 4.61. The number of rotatable bonds is 3. The molecule has 7 heteroatoms. The van der Waals surface area contributed by atoms with Crippen molar-refractivity contribution in [1.29, 1.82) is 0 Å². The molecule has 110 valence electrons. The fraction of sp³-hybridized carbons (Fsp3) is 0.0667. The number of para-hydroxylation sites is 2. The summed E-state index contributed by atoms with van der Waals surface area (Å²) in [5.41, 5.74) is -1.47. The van der Waals surface area contributed by atoms with E-state index in [-0.39, 0.29) is 17.9 Å². The summed E-state index contributed by atoms with van der Waals surface area (Å²) in [7, 11) is 0. The molecule has 3 rings (SSSR count). The first-order chi connectivity index (χ1) is 10.6. The Bertz CT molecular complexity index is 991. The predicted octanol–water partition coefficient (Wildman–Crippen LogP) is -0.320. The lowest BCUT2D eigenvalue weighted by Crippen LogP contribution is -2.31. The van der Waals surface area contributed by atoms with Gasteiger partial charge in [0.1, 0.15) is 5.56 Å². The lowest BCUT2D eigenvalue weighted by atomic mass is 10.3. The Hall–Kier alpha value is -3.22. The van der Waals surface area contributed by atoms with E-state index in [2.05, 4.69) is 21.5 Å². The van der Waals surface area contributed by atoms with Gasteiger partial charge in [-0.3, -0.25) is 14.3 Å². The van der Waals surface area contributed by atoms with Crippen molar-refractivity contribution in [2.24, 2.45) is 9.98 Å². The SMILES string of the molecule is C=CCn1c(O)c(C=C2N=c3ccccc3=N2)c(=O)[nH]c1=O. The van der Waals surface area contributed by atoms with Crippen LogP contribution in [0.3, 0.4) is 0 Å². The number of aromatic nitrogens is 2. The number of fused-ring (bicyclic) bond motifs is 1. The van der Waals surface area contributed by atoms with E-state index in [9.17, 15) is 14.7 Å². The number of nitrogens with zero attached hydrogens (tertiary/aromatic N) is 3. The van der Waals surface area contributed by atoms with Crippen LogP contribution in [0, 0.1) is 0 Å². The fourth-order valence-electron chi connectivity index (χ4n) is 2.12. The molecular formula is C15H12N4O3. The second kappa shape index (κ2) is 5.28. The standard InChI is InChI=1S/C15H12N4O3/c1-2-7-19-14(21)9(13(20)18-15(19)22)8-12-16-10-5-3-4-6-11(10)17-12/h2-6,8,21H,1,7H2,(H,18,20,22). The van der Waals surface area contributed by atoms with Crippen molar-refractivity contribution in [3.63, 3.8) is 0 Å². The van der Waals surface area contributed by atoms with Gasteiger partial charge in [0.2, 0.25) is 5.88 Å². The van der Waals surface area contributed by atoms with Gasteiger partial charge in [-0.1, -0.05) is 18.2 Å². The van der Waals surface area contributed by atoms with Gasteiger partial charge in [-0.15, -0.1) is 6.58 Å². The zero-order valence-corrected chi connectivity index (χ0v) is 11.5. The zero-order valence-electron chi connectivity index (χ0n) is 11.5. The molecule has 2 heterocycles. The number of hydrogen-bond donors (Lipinski definition) is 2. The normalized spacial score (nSPS) is 12.3. The molecule has 0 radical (unpaired) electrons. The Morgan fingerprint density at radius 1 is 1.23 bits per heavy atom. The average Bonchev–Trinajstić information content (AvgIpc) is 2.90. The Morgan fingerprint density at radius 3 is 2.45 bits per heavy atom. The van der Waals surface area contributed by atoms with E-state index < -0.39 is 17.1 Å². The summed E-state index contributed by atoms with van der Waals surface area (Å²) in [4.78, 5) is 34.2.